The Morgan fingerprint density at radius 3 is 2.43 bits per heavy atom. The van der Waals surface area contributed by atoms with Gasteiger partial charge in [-0.2, -0.15) is 5.10 Å². The first-order valence-electron chi connectivity index (χ1n) is 7.82. The monoisotopic (exact) mass is 415 g/mol. The SMILES string of the molecule is Cc1cc(C)cc(-c2nn(-c3ccc(I)cc3)c3c2CCN3)c1. The molecule has 3 nitrogen and oxygen atoms in total. The van der Waals surface area contributed by atoms with E-state index in [9.17, 15) is 0 Å². The van der Waals surface area contributed by atoms with Gasteiger partial charge in [0, 0.05) is 21.2 Å². The molecule has 0 atom stereocenters. The fourth-order valence-electron chi connectivity index (χ4n) is 3.29. The van der Waals surface area contributed by atoms with Crippen molar-refractivity contribution in [3.8, 4) is 16.9 Å². The van der Waals surface area contributed by atoms with Crippen LogP contribution in [0.5, 0.6) is 0 Å². The van der Waals surface area contributed by atoms with Crippen molar-refractivity contribution in [2.45, 2.75) is 20.3 Å². The zero-order chi connectivity index (χ0) is 16.0. The third kappa shape index (κ3) is 2.65. The lowest BCUT2D eigenvalue weighted by Crippen LogP contribution is -2.04. The van der Waals surface area contributed by atoms with Crippen molar-refractivity contribution >= 4 is 28.4 Å². The van der Waals surface area contributed by atoms with Crippen LogP contribution in [0.4, 0.5) is 5.82 Å². The maximum Gasteiger partial charge on any atom is 0.133 e. The van der Waals surface area contributed by atoms with E-state index in [2.05, 4.69) is 84.2 Å². The van der Waals surface area contributed by atoms with Gasteiger partial charge in [0.05, 0.1) is 11.4 Å². The molecule has 1 aliphatic rings. The highest BCUT2D eigenvalue weighted by molar-refractivity contribution is 14.1. The van der Waals surface area contributed by atoms with E-state index in [-0.39, 0.29) is 0 Å². The van der Waals surface area contributed by atoms with Crippen LogP contribution in [0.3, 0.4) is 0 Å². The largest absolute Gasteiger partial charge is 0.369 e. The molecule has 4 heteroatoms. The number of anilines is 1. The molecule has 0 amide bonds. The summed E-state index contributed by atoms with van der Waals surface area (Å²) in [6.45, 7) is 5.27. The van der Waals surface area contributed by atoms with E-state index in [0.717, 1.165) is 30.2 Å². The maximum atomic E-state index is 4.94. The fraction of sp³-hybridized carbons (Fsp3) is 0.211. The smallest absolute Gasteiger partial charge is 0.133 e. The second-order valence-corrected chi connectivity index (χ2v) is 7.36. The van der Waals surface area contributed by atoms with E-state index in [1.165, 1.54) is 25.8 Å². The molecule has 0 spiro atoms. The highest BCUT2D eigenvalue weighted by atomic mass is 127. The number of nitrogens with one attached hydrogen (secondary N) is 1. The van der Waals surface area contributed by atoms with Gasteiger partial charge < -0.3 is 5.32 Å². The number of benzene rings is 2. The van der Waals surface area contributed by atoms with Crippen LogP contribution in [0, 0.1) is 17.4 Å². The van der Waals surface area contributed by atoms with E-state index in [0.29, 0.717) is 0 Å². The number of aryl methyl sites for hydroxylation is 2. The Morgan fingerprint density at radius 1 is 1.04 bits per heavy atom. The molecule has 3 aromatic rings. The maximum absolute atomic E-state index is 4.94. The molecule has 0 unspecified atom stereocenters. The Labute approximate surface area is 149 Å². The van der Waals surface area contributed by atoms with E-state index in [1.54, 1.807) is 0 Å². The molecule has 1 N–H and O–H groups in total. The third-order valence-corrected chi connectivity index (χ3v) is 4.94. The minimum absolute atomic E-state index is 0.982. The van der Waals surface area contributed by atoms with Crippen LogP contribution in [0.15, 0.2) is 42.5 Å². The van der Waals surface area contributed by atoms with E-state index >= 15 is 0 Å². The van der Waals surface area contributed by atoms with Crippen molar-refractivity contribution < 1.29 is 0 Å². The molecule has 0 aliphatic carbocycles. The molecular formula is C19H18IN3. The highest BCUT2D eigenvalue weighted by Gasteiger charge is 2.24. The van der Waals surface area contributed by atoms with Crippen LogP contribution in [-0.4, -0.2) is 16.3 Å². The standard InChI is InChI=1S/C19H18IN3/c1-12-9-13(2)11-14(10-12)18-17-7-8-21-19(17)23(22-18)16-5-3-15(20)4-6-16/h3-6,9-11,21H,7-8H2,1-2H3. The molecule has 0 saturated heterocycles. The van der Waals surface area contributed by atoms with Crippen molar-refractivity contribution in [3.05, 3.63) is 62.7 Å². The van der Waals surface area contributed by atoms with Crippen LogP contribution in [0.25, 0.3) is 16.9 Å². The van der Waals surface area contributed by atoms with Gasteiger partial charge in [-0.3, -0.25) is 0 Å². The summed E-state index contributed by atoms with van der Waals surface area (Å²) in [7, 11) is 0. The lowest BCUT2D eigenvalue weighted by atomic mass is 10.0. The Kier molecular flexibility index (Phi) is 3.64. The number of rotatable bonds is 2. The quantitative estimate of drug-likeness (QED) is 0.614. The number of hydrogen-bond acceptors (Lipinski definition) is 2. The second-order valence-electron chi connectivity index (χ2n) is 6.12. The summed E-state index contributed by atoms with van der Waals surface area (Å²) < 4.78 is 3.28. The third-order valence-electron chi connectivity index (χ3n) is 4.22. The van der Waals surface area contributed by atoms with Gasteiger partial charge in [-0.05, 0) is 79.3 Å². The summed E-state index contributed by atoms with van der Waals surface area (Å²) in [5.74, 6) is 1.14. The molecule has 116 valence electrons. The van der Waals surface area contributed by atoms with Crippen LogP contribution in [-0.2, 0) is 6.42 Å². The van der Waals surface area contributed by atoms with Gasteiger partial charge in [0.15, 0.2) is 0 Å². The summed E-state index contributed by atoms with van der Waals surface area (Å²) >= 11 is 2.33. The molecule has 0 bridgehead atoms. The fourth-order valence-corrected chi connectivity index (χ4v) is 3.65. The van der Waals surface area contributed by atoms with E-state index < -0.39 is 0 Å². The molecule has 1 aliphatic heterocycles. The van der Waals surface area contributed by atoms with Gasteiger partial charge in [-0.25, -0.2) is 4.68 Å². The molecule has 23 heavy (non-hydrogen) atoms. The van der Waals surface area contributed by atoms with Crippen LogP contribution in [0.1, 0.15) is 16.7 Å². The van der Waals surface area contributed by atoms with Gasteiger partial charge in [0.1, 0.15) is 5.82 Å². The number of aromatic nitrogens is 2. The number of halogens is 1. The zero-order valence-corrected chi connectivity index (χ0v) is 15.4. The zero-order valence-electron chi connectivity index (χ0n) is 13.2. The van der Waals surface area contributed by atoms with Crippen molar-refractivity contribution in [1.82, 2.24) is 9.78 Å². The minimum atomic E-state index is 0.982. The topological polar surface area (TPSA) is 29.9 Å². The molecule has 2 heterocycles. The van der Waals surface area contributed by atoms with Crippen LogP contribution < -0.4 is 5.32 Å². The normalized spacial score (nSPS) is 13.0. The summed E-state index contributed by atoms with van der Waals surface area (Å²) in [4.78, 5) is 0. The van der Waals surface area contributed by atoms with Gasteiger partial charge in [-0.15, -0.1) is 0 Å². The number of nitrogens with zero attached hydrogens (tertiary/aromatic N) is 2. The van der Waals surface area contributed by atoms with E-state index in [1.807, 2.05) is 4.68 Å². The summed E-state index contributed by atoms with van der Waals surface area (Å²) in [6.07, 6.45) is 1.03. The first kappa shape index (κ1) is 14.8. The first-order chi connectivity index (χ1) is 11.1. The molecular weight excluding hydrogens is 397 g/mol. The molecule has 0 fully saturated rings. The predicted molar refractivity (Wildman–Crippen MR) is 103 cm³/mol. The van der Waals surface area contributed by atoms with Crippen molar-refractivity contribution in [3.63, 3.8) is 0 Å². The van der Waals surface area contributed by atoms with Crippen molar-refractivity contribution in [1.29, 1.82) is 0 Å². The molecule has 1 aromatic heterocycles. The number of hydrogen-bond donors (Lipinski definition) is 1. The van der Waals surface area contributed by atoms with Gasteiger partial charge in [-0.1, -0.05) is 17.2 Å². The average Bonchev–Trinajstić information content (AvgIpc) is 3.09. The lowest BCUT2D eigenvalue weighted by Gasteiger charge is -2.06. The van der Waals surface area contributed by atoms with Gasteiger partial charge in [0.2, 0.25) is 0 Å². The summed E-state index contributed by atoms with van der Waals surface area (Å²) in [5.41, 5.74) is 7.31. The molecule has 0 radical (unpaired) electrons. The van der Waals surface area contributed by atoms with Gasteiger partial charge in [0.25, 0.3) is 0 Å². The lowest BCUT2D eigenvalue weighted by molar-refractivity contribution is 0.882. The average molecular weight is 415 g/mol. The van der Waals surface area contributed by atoms with Crippen LogP contribution >= 0.6 is 22.6 Å². The molecule has 0 saturated carbocycles. The highest BCUT2D eigenvalue weighted by Crippen LogP contribution is 2.35. The van der Waals surface area contributed by atoms with Crippen LogP contribution in [0.2, 0.25) is 0 Å². The Hall–Kier alpha value is -1.82. The predicted octanol–water partition coefficient (Wildman–Crippen LogP) is 4.73. The summed E-state index contributed by atoms with van der Waals surface area (Å²) in [5, 5.41) is 8.44. The van der Waals surface area contributed by atoms with Crippen molar-refractivity contribution in [2.75, 3.05) is 11.9 Å². The minimum Gasteiger partial charge on any atom is -0.369 e. The number of fused-ring (bicyclic) bond motifs is 1. The van der Waals surface area contributed by atoms with E-state index in [4.69, 9.17) is 5.10 Å². The van der Waals surface area contributed by atoms with Gasteiger partial charge >= 0.3 is 0 Å². The Balaban J connectivity index is 1.89. The molecule has 4 rings (SSSR count). The summed E-state index contributed by atoms with van der Waals surface area (Å²) in [6, 6.07) is 15.2. The first-order valence-corrected chi connectivity index (χ1v) is 8.90. The Morgan fingerprint density at radius 2 is 1.74 bits per heavy atom. The Bertz CT molecular complexity index is 858. The van der Waals surface area contributed by atoms with Crippen molar-refractivity contribution in [2.24, 2.45) is 0 Å². The second kappa shape index (κ2) is 5.67. The molecule has 2 aromatic carbocycles.